The van der Waals surface area contributed by atoms with Crippen LogP contribution in [0.15, 0.2) is 41.3 Å². The molecular weight excluding hydrogens is 485 g/mol. The van der Waals surface area contributed by atoms with Crippen LogP contribution >= 0.6 is 11.6 Å². The molecule has 0 aliphatic carbocycles. The monoisotopic (exact) mass is 502 g/mol. The molecule has 0 fully saturated rings. The normalized spacial score (nSPS) is 12.5. The maximum absolute atomic E-state index is 14.3. The second-order valence-electron chi connectivity index (χ2n) is 7.15. The molecule has 33 heavy (non-hydrogen) atoms. The fraction of sp³-hybridized carbons (Fsp3) is 0.200. The van der Waals surface area contributed by atoms with Crippen molar-refractivity contribution in [1.29, 1.82) is 0 Å². The molecule has 1 heterocycles. The summed E-state index contributed by atoms with van der Waals surface area (Å²) < 4.78 is 64.4. The first kappa shape index (κ1) is 24.6. The lowest BCUT2D eigenvalue weighted by atomic mass is 10.0. The second kappa shape index (κ2) is 9.41. The van der Waals surface area contributed by atoms with Gasteiger partial charge < -0.3 is 15.2 Å². The zero-order valence-electron chi connectivity index (χ0n) is 17.0. The molecule has 1 aromatic heterocycles. The fourth-order valence-electron chi connectivity index (χ4n) is 3.29. The van der Waals surface area contributed by atoms with Gasteiger partial charge in [-0.2, -0.15) is 0 Å². The van der Waals surface area contributed by atoms with Crippen LogP contribution in [0.2, 0.25) is 5.02 Å². The predicted octanol–water partition coefficient (Wildman–Crippen LogP) is 3.48. The topological polar surface area (TPSA) is 125 Å². The molecule has 2 aromatic carbocycles. The molecule has 1 atom stereocenters. The van der Waals surface area contributed by atoms with Gasteiger partial charge in [-0.15, -0.1) is 0 Å². The predicted molar refractivity (Wildman–Crippen MR) is 118 cm³/mol. The molecule has 2 amide bonds. The number of sulfonamides is 1. The van der Waals surface area contributed by atoms with Crippen LogP contribution < -0.4 is 16.0 Å². The minimum atomic E-state index is -3.97. The van der Waals surface area contributed by atoms with E-state index in [4.69, 9.17) is 16.7 Å². The van der Waals surface area contributed by atoms with E-state index < -0.39 is 56.2 Å². The number of halogens is 4. The van der Waals surface area contributed by atoms with E-state index in [0.29, 0.717) is 0 Å². The van der Waals surface area contributed by atoms with Gasteiger partial charge in [0.15, 0.2) is 11.6 Å². The van der Waals surface area contributed by atoms with Gasteiger partial charge in [0.2, 0.25) is 10.0 Å². The number of anilines is 1. The molecule has 0 unspecified atom stereocenters. The van der Waals surface area contributed by atoms with Crippen molar-refractivity contribution in [3.63, 3.8) is 0 Å². The van der Waals surface area contributed by atoms with E-state index in [1.807, 2.05) is 0 Å². The largest absolute Gasteiger partial charge is 0.328 e. The van der Waals surface area contributed by atoms with Crippen LogP contribution in [0.25, 0.3) is 10.8 Å². The highest BCUT2D eigenvalue weighted by atomic mass is 35.5. The Kier molecular flexibility index (Phi) is 7.00. The number of H-pyrrole nitrogens is 1. The van der Waals surface area contributed by atoms with Crippen LogP contribution in [0, 0.1) is 17.5 Å². The number of hydrogen-bond donors (Lipinski definition) is 3. The number of aromatic nitrogens is 1. The molecule has 0 saturated heterocycles. The number of pyridine rings is 1. The van der Waals surface area contributed by atoms with Gasteiger partial charge in [0.05, 0.1) is 22.2 Å². The van der Waals surface area contributed by atoms with Crippen LogP contribution in [0.1, 0.15) is 18.5 Å². The van der Waals surface area contributed by atoms with E-state index in [-0.39, 0.29) is 28.2 Å². The Labute approximate surface area is 191 Å². The number of aromatic amines is 1. The summed E-state index contributed by atoms with van der Waals surface area (Å²) in [6, 6.07) is 3.71. The van der Waals surface area contributed by atoms with Gasteiger partial charge in [-0.3, -0.25) is 4.79 Å². The third-order valence-corrected chi connectivity index (χ3v) is 6.00. The molecular formula is C20H18ClF3N4O4S. The number of rotatable bonds is 6. The molecule has 0 radical (unpaired) electrons. The number of primary sulfonamides is 1. The van der Waals surface area contributed by atoms with Crippen LogP contribution in [-0.2, 0) is 10.0 Å². The maximum atomic E-state index is 14.3. The Bertz CT molecular complexity index is 1400. The van der Waals surface area contributed by atoms with Crippen molar-refractivity contribution < 1.29 is 26.4 Å². The molecule has 8 nitrogen and oxygen atoms in total. The molecule has 0 aliphatic heterocycles. The smallest absolute Gasteiger partial charge is 0.322 e. The van der Waals surface area contributed by atoms with Crippen LogP contribution in [0.3, 0.4) is 0 Å². The molecule has 4 N–H and O–H groups in total. The molecule has 176 valence electrons. The highest BCUT2D eigenvalue weighted by Gasteiger charge is 2.26. The van der Waals surface area contributed by atoms with Crippen molar-refractivity contribution >= 4 is 44.1 Å². The lowest BCUT2D eigenvalue weighted by Crippen LogP contribution is -2.41. The number of carbonyl (C=O) groups excluding carboxylic acids is 1. The third-order valence-electron chi connectivity index (χ3n) is 4.96. The lowest BCUT2D eigenvalue weighted by molar-refractivity contribution is 0.197. The Morgan fingerprint density at radius 1 is 1.21 bits per heavy atom. The van der Waals surface area contributed by atoms with Gasteiger partial charge in [-0.05, 0) is 42.1 Å². The second-order valence-corrected chi connectivity index (χ2v) is 9.29. The minimum Gasteiger partial charge on any atom is -0.328 e. The van der Waals surface area contributed by atoms with E-state index in [2.05, 4.69) is 10.3 Å². The summed E-state index contributed by atoms with van der Waals surface area (Å²) in [5, 5.41) is 6.78. The molecule has 13 heteroatoms. The zero-order valence-corrected chi connectivity index (χ0v) is 18.6. The standard InChI is InChI=1S/C20H18ClF3N4O4S/c1-10(13-9-26-19(29)17-12(13)3-5-16(23)18(17)24)28(6-7-33(25,31)32)20(30)27-11-2-4-15(22)14(21)8-11/h2-5,8-10H,6-7H2,1H3,(H,26,29)(H,27,30)(H2,25,31,32)/t10-/m1/s1. The van der Waals surface area contributed by atoms with Crippen molar-refractivity contribution in [3.05, 3.63) is 74.9 Å². The van der Waals surface area contributed by atoms with Crippen molar-refractivity contribution in [2.24, 2.45) is 5.14 Å². The summed E-state index contributed by atoms with van der Waals surface area (Å²) >= 11 is 5.73. The summed E-state index contributed by atoms with van der Waals surface area (Å²) in [4.78, 5) is 28.5. The molecule has 3 aromatic rings. The summed E-state index contributed by atoms with van der Waals surface area (Å²) in [6.45, 7) is 1.11. The SMILES string of the molecule is C[C@H](c1c[nH]c(=O)c2c(F)c(F)ccc12)N(CCS(N)(=O)=O)C(=O)Nc1ccc(F)c(Cl)c1. The zero-order chi connectivity index (χ0) is 24.5. The average Bonchev–Trinajstić information content (AvgIpc) is 2.72. The number of nitrogens with zero attached hydrogens (tertiary/aromatic N) is 1. The number of fused-ring (bicyclic) bond motifs is 1. The van der Waals surface area contributed by atoms with Crippen molar-refractivity contribution in [3.8, 4) is 0 Å². The first-order valence-corrected chi connectivity index (χ1v) is 11.5. The van der Waals surface area contributed by atoms with Crippen molar-refractivity contribution in [2.75, 3.05) is 17.6 Å². The van der Waals surface area contributed by atoms with Gasteiger partial charge in [-0.25, -0.2) is 31.5 Å². The fourth-order valence-corrected chi connectivity index (χ4v) is 3.92. The molecule has 0 aliphatic rings. The van der Waals surface area contributed by atoms with Crippen molar-refractivity contribution in [2.45, 2.75) is 13.0 Å². The van der Waals surface area contributed by atoms with E-state index in [0.717, 1.165) is 23.1 Å². The molecule has 0 spiro atoms. The van der Waals surface area contributed by atoms with Crippen LogP contribution in [0.5, 0.6) is 0 Å². The molecule has 0 saturated carbocycles. The van der Waals surface area contributed by atoms with E-state index >= 15 is 0 Å². The Balaban J connectivity index is 2.04. The van der Waals surface area contributed by atoms with Crippen LogP contribution in [0.4, 0.5) is 23.7 Å². The highest BCUT2D eigenvalue weighted by Crippen LogP contribution is 2.29. The first-order chi connectivity index (χ1) is 15.4. The van der Waals surface area contributed by atoms with Crippen LogP contribution in [-0.4, -0.2) is 36.6 Å². The van der Waals surface area contributed by atoms with Gasteiger partial charge in [0.1, 0.15) is 5.82 Å². The van der Waals surface area contributed by atoms with Gasteiger partial charge in [-0.1, -0.05) is 17.7 Å². The number of nitrogens with two attached hydrogens (primary N) is 1. The van der Waals surface area contributed by atoms with E-state index in [1.165, 1.54) is 25.3 Å². The number of benzene rings is 2. The summed E-state index contributed by atoms with van der Waals surface area (Å²) in [7, 11) is -3.97. The van der Waals surface area contributed by atoms with Gasteiger partial charge in [0, 0.05) is 18.4 Å². The van der Waals surface area contributed by atoms with E-state index in [1.54, 1.807) is 0 Å². The van der Waals surface area contributed by atoms with Gasteiger partial charge in [0.25, 0.3) is 5.56 Å². The van der Waals surface area contributed by atoms with Gasteiger partial charge >= 0.3 is 6.03 Å². The van der Waals surface area contributed by atoms with E-state index in [9.17, 15) is 31.2 Å². The number of carbonyl (C=O) groups is 1. The first-order valence-electron chi connectivity index (χ1n) is 9.41. The quantitative estimate of drug-likeness (QED) is 0.477. The Morgan fingerprint density at radius 2 is 1.88 bits per heavy atom. The number of amides is 2. The Hall–Kier alpha value is -3.09. The summed E-state index contributed by atoms with van der Waals surface area (Å²) in [5.74, 6) is -3.90. The summed E-state index contributed by atoms with van der Waals surface area (Å²) in [5.41, 5.74) is -0.539. The molecule has 3 rings (SSSR count). The van der Waals surface area contributed by atoms with Crippen molar-refractivity contribution in [1.82, 2.24) is 9.88 Å². The maximum Gasteiger partial charge on any atom is 0.322 e. The summed E-state index contributed by atoms with van der Waals surface area (Å²) in [6.07, 6.45) is 1.22. The number of nitrogens with one attached hydrogen (secondary N) is 2. The minimum absolute atomic E-state index is 0.0309. The molecule has 0 bridgehead atoms. The third kappa shape index (κ3) is 5.46. The average molecular weight is 503 g/mol. The lowest BCUT2D eigenvalue weighted by Gasteiger charge is -2.30. The number of urea groups is 1. The number of hydrogen-bond acceptors (Lipinski definition) is 4. The Morgan fingerprint density at radius 3 is 2.52 bits per heavy atom. The highest BCUT2D eigenvalue weighted by molar-refractivity contribution is 7.89.